The summed E-state index contributed by atoms with van der Waals surface area (Å²) in [4.78, 5) is 12.7. The first-order valence-electron chi connectivity index (χ1n) is 34.7. The van der Waals surface area contributed by atoms with Crippen LogP contribution in [0.25, 0.3) is 0 Å². The molecule has 6 heteroatoms. The highest BCUT2D eigenvalue weighted by Gasteiger charge is 2.28. The Bertz CT molecular complexity index is 1160. The largest absolute Gasteiger partial charge is 0.394 e. The van der Waals surface area contributed by atoms with E-state index in [1.807, 2.05) is 0 Å². The van der Waals surface area contributed by atoms with Gasteiger partial charge in [0.15, 0.2) is 0 Å². The van der Waals surface area contributed by atoms with Crippen LogP contribution < -0.4 is 5.32 Å². The molecule has 0 aliphatic heterocycles. The van der Waals surface area contributed by atoms with E-state index in [2.05, 4.69) is 43.5 Å². The molecule has 452 valence electrons. The Morgan fingerprint density at radius 2 is 0.539 bits per heavy atom. The van der Waals surface area contributed by atoms with Gasteiger partial charge in [-0.25, -0.2) is 0 Å². The molecule has 76 heavy (non-hydrogen) atoms. The summed E-state index contributed by atoms with van der Waals surface area (Å²) in [7, 11) is 0. The van der Waals surface area contributed by atoms with E-state index in [0.29, 0.717) is 12.8 Å². The van der Waals surface area contributed by atoms with Crippen LogP contribution >= 0.6 is 0 Å². The van der Waals surface area contributed by atoms with Crippen molar-refractivity contribution in [1.82, 2.24) is 5.32 Å². The van der Waals surface area contributed by atoms with Crippen LogP contribution in [0.3, 0.4) is 0 Å². The molecule has 1 amide bonds. The van der Waals surface area contributed by atoms with Crippen molar-refractivity contribution in [2.24, 2.45) is 0 Å². The van der Waals surface area contributed by atoms with E-state index in [0.717, 1.165) is 38.5 Å². The second-order valence-electron chi connectivity index (χ2n) is 24.2. The van der Waals surface area contributed by atoms with Crippen molar-refractivity contribution in [3.05, 3.63) is 24.3 Å². The number of nitrogens with one attached hydrogen (secondary N) is 1. The first-order chi connectivity index (χ1) is 37.5. The van der Waals surface area contributed by atoms with Gasteiger partial charge in [0.1, 0.15) is 12.2 Å². The minimum Gasteiger partial charge on any atom is -0.394 e. The van der Waals surface area contributed by atoms with Crippen LogP contribution in [0.15, 0.2) is 24.3 Å². The number of aliphatic hydroxyl groups excluding tert-OH is 4. The van der Waals surface area contributed by atoms with Gasteiger partial charge in [-0.15, -0.1) is 0 Å². The molecule has 0 bridgehead atoms. The highest BCUT2D eigenvalue weighted by Crippen LogP contribution is 2.19. The van der Waals surface area contributed by atoms with Gasteiger partial charge in [0.2, 0.25) is 5.91 Å². The lowest BCUT2D eigenvalue weighted by molar-refractivity contribution is -0.132. The molecule has 0 fully saturated rings. The summed E-state index contributed by atoms with van der Waals surface area (Å²) in [6.07, 6.45) is 81.6. The summed E-state index contributed by atoms with van der Waals surface area (Å²) in [6.45, 7) is 4.10. The van der Waals surface area contributed by atoms with Crippen molar-refractivity contribution in [1.29, 1.82) is 0 Å². The first kappa shape index (κ1) is 74.8. The smallest absolute Gasteiger partial charge is 0.249 e. The summed E-state index contributed by atoms with van der Waals surface area (Å²) in [5.41, 5.74) is 0. The number of amides is 1. The third-order valence-corrected chi connectivity index (χ3v) is 16.6. The van der Waals surface area contributed by atoms with Crippen LogP contribution in [0.2, 0.25) is 0 Å². The molecular weight excluding hydrogens is 935 g/mol. The van der Waals surface area contributed by atoms with Gasteiger partial charge in [-0.3, -0.25) is 4.79 Å². The van der Waals surface area contributed by atoms with Crippen LogP contribution in [0.1, 0.15) is 386 Å². The van der Waals surface area contributed by atoms with E-state index in [1.54, 1.807) is 0 Å². The second kappa shape index (κ2) is 64.6. The number of carbonyl (C=O) groups excluding carboxylic acids is 1. The lowest BCUT2D eigenvalue weighted by Crippen LogP contribution is -2.53. The molecule has 0 aromatic carbocycles. The van der Waals surface area contributed by atoms with E-state index in [1.165, 1.54) is 321 Å². The van der Waals surface area contributed by atoms with Gasteiger partial charge in [-0.2, -0.15) is 0 Å². The fourth-order valence-electron chi connectivity index (χ4n) is 11.2. The van der Waals surface area contributed by atoms with Crippen molar-refractivity contribution in [3.8, 4) is 0 Å². The molecule has 0 saturated carbocycles. The quantitative estimate of drug-likeness (QED) is 0.0308. The molecule has 0 aliphatic carbocycles. The maximum absolute atomic E-state index is 12.7. The Morgan fingerprint density at radius 3 is 0.789 bits per heavy atom. The monoisotopic (exact) mass is 1070 g/mol. The fraction of sp³-hybridized carbons (Fsp3) is 0.929. The maximum atomic E-state index is 12.7. The standard InChI is InChI=1S/C70H137NO5/c1-3-5-7-9-11-13-15-17-19-21-23-25-27-29-31-33-34-35-36-38-39-41-43-45-47-49-51-53-55-57-59-61-63-67(73)69(75)66(65-72)71-70(76)68(74)64-62-60-58-56-54-52-50-48-46-44-42-40-37-32-30-28-26-24-22-20-18-16-14-12-10-8-6-4-2/h30,32,55,57,66-69,72-75H,3-29,31,33-54,56,58-65H2,1-2H3,(H,71,76)/b32-30-,57-55+. The van der Waals surface area contributed by atoms with Crippen molar-refractivity contribution in [3.63, 3.8) is 0 Å². The van der Waals surface area contributed by atoms with Crippen LogP contribution in [0.5, 0.6) is 0 Å². The predicted molar refractivity (Wildman–Crippen MR) is 334 cm³/mol. The maximum Gasteiger partial charge on any atom is 0.249 e. The summed E-state index contributed by atoms with van der Waals surface area (Å²) >= 11 is 0. The molecule has 6 nitrogen and oxygen atoms in total. The van der Waals surface area contributed by atoms with Crippen molar-refractivity contribution in [2.75, 3.05) is 6.61 Å². The van der Waals surface area contributed by atoms with Gasteiger partial charge in [-0.1, -0.05) is 346 Å². The number of carbonyl (C=O) groups is 1. The number of hydrogen-bond donors (Lipinski definition) is 5. The van der Waals surface area contributed by atoms with Crippen LogP contribution in [0, 0.1) is 0 Å². The third kappa shape index (κ3) is 57.5. The second-order valence-corrected chi connectivity index (χ2v) is 24.2. The SMILES string of the molecule is CCCCCCCCCCCCCC/C=C\CCCCCCCCCCCCCCC(O)C(=O)NC(CO)C(O)C(O)CCC/C=C/CCCCCCCCCCCCCCCCCCCCCCCCCCCCC. The Balaban J connectivity index is 3.56. The van der Waals surface area contributed by atoms with Gasteiger partial charge in [0, 0.05) is 0 Å². The molecule has 4 unspecified atom stereocenters. The Morgan fingerprint density at radius 1 is 0.316 bits per heavy atom. The summed E-state index contributed by atoms with van der Waals surface area (Å²) in [6, 6.07) is -1.00. The van der Waals surface area contributed by atoms with Gasteiger partial charge in [0.25, 0.3) is 0 Å². The minimum absolute atomic E-state index is 0.365. The van der Waals surface area contributed by atoms with E-state index < -0.39 is 36.9 Å². The van der Waals surface area contributed by atoms with E-state index >= 15 is 0 Å². The summed E-state index contributed by atoms with van der Waals surface area (Å²) < 4.78 is 0. The summed E-state index contributed by atoms with van der Waals surface area (Å²) in [5.74, 6) is -0.587. The molecule has 4 atom stereocenters. The Hall–Kier alpha value is -1.21. The van der Waals surface area contributed by atoms with Crippen molar-refractivity contribution in [2.45, 2.75) is 411 Å². The predicted octanol–water partition coefficient (Wildman–Crippen LogP) is 21.3. The average molecular weight is 1070 g/mol. The van der Waals surface area contributed by atoms with Gasteiger partial charge in [-0.05, 0) is 64.2 Å². The van der Waals surface area contributed by atoms with Crippen molar-refractivity contribution >= 4 is 5.91 Å². The first-order valence-corrected chi connectivity index (χ1v) is 34.7. The number of hydrogen-bond acceptors (Lipinski definition) is 5. The van der Waals surface area contributed by atoms with Gasteiger partial charge < -0.3 is 25.7 Å². The molecule has 0 heterocycles. The van der Waals surface area contributed by atoms with Gasteiger partial charge in [0.05, 0.1) is 18.8 Å². The molecule has 0 spiro atoms. The fourth-order valence-corrected chi connectivity index (χ4v) is 11.2. The lowest BCUT2D eigenvalue weighted by atomic mass is 10.00. The molecule has 5 N–H and O–H groups in total. The topological polar surface area (TPSA) is 110 Å². The van der Waals surface area contributed by atoms with E-state index in [-0.39, 0.29) is 0 Å². The highest BCUT2D eigenvalue weighted by atomic mass is 16.3. The number of aliphatic hydroxyl groups is 4. The Labute approximate surface area is 475 Å². The third-order valence-electron chi connectivity index (χ3n) is 16.6. The zero-order valence-corrected chi connectivity index (χ0v) is 51.5. The molecule has 0 rings (SSSR count). The lowest BCUT2D eigenvalue weighted by Gasteiger charge is -2.27. The molecule has 0 saturated heterocycles. The minimum atomic E-state index is -1.28. The molecule has 0 aliphatic rings. The van der Waals surface area contributed by atoms with Crippen LogP contribution in [-0.4, -0.2) is 57.3 Å². The number of unbranched alkanes of at least 4 members (excludes halogenated alkanes) is 52. The Kier molecular flexibility index (Phi) is 63.6. The molecule has 0 aromatic heterocycles. The van der Waals surface area contributed by atoms with Gasteiger partial charge >= 0.3 is 0 Å². The number of rotatable bonds is 65. The van der Waals surface area contributed by atoms with E-state index in [4.69, 9.17) is 0 Å². The summed E-state index contributed by atoms with van der Waals surface area (Å²) in [5, 5.41) is 44.2. The van der Waals surface area contributed by atoms with Crippen LogP contribution in [0.4, 0.5) is 0 Å². The van der Waals surface area contributed by atoms with E-state index in [9.17, 15) is 25.2 Å². The molecule has 0 aromatic rings. The zero-order chi connectivity index (χ0) is 55.1. The zero-order valence-electron chi connectivity index (χ0n) is 51.5. The number of allylic oxidation sites excluding steroid dienone is 4. The molecular formula is C70H137NO5. The molecule has 0 radical (unpaired) electrons. The highest BCUT2D eigenvalue weighted by molar-refractivity contribution is 5.80. The normalized spacial score (nSPS) is 13.6. The van der Waals surface area contributed by atoms with Crippen molar-refractivity contribution < 1.29 is 25.2 Å². The van der Waals surface area contributed by atoms with Crippen LogP contribution in [-0.2, 0) is 4.79 Å². The average Bonchev–Trinajstić information content (AvgIpc) is 3.42.